The quantitative estimate of drug-likeness (QED) is 0.654. The Morgan fingerprint density at radius 3 is 2.37 bits per heavy atom. The molecule has 9 heteroatoms. The Morgan fingerprint density at radius 2 is 1.78 bits per heavy atom. The largest absolute Gasteiger partial charge is 0.464 e. The first-order valence-corrected chi connectivity index (χ1v) is 10.4. The molecule has 1 aliphatic heterocycles. The summed E-state index contributed by atoms with van der Waals surface area (Å²) < 4.78 is 32.7. The van der Waals surface area contributed by atoms with Crippen LogP contribution >= 0.6 is 15.9 Å². The number of hydrogen-bond acceptors (Lipinski definition) is 5. The number of sulfonamides is 1. The van der Waals surface area contributed by atoms with Crippen molar-refractivity contribution in [3.05, 3.63) is 58.6 Å². The van der Waals surface area contributed by atoms with E-state index >= 15 is 0 Å². The second-order valence-corrected chi connectivity index (χ2v) is 8.64. The highest BCUT2D eigenvalue weighted by Crippen LogP contribution is 2.17. The van der Waals surface area contributed by atoms with Gasteiger partial charge >= 0.3 is 5.97 Å². The normalized spacial score (nSPS) is 16.8. The molecule has 0 bridgehead atoms. The van der Waals surface area contributed by atoms with E-state index in [1.807, 2.05) is 24.3 Å². The number of amides is 1. The number of nitrogens with one attached hydrogen (secondary N) is 2. The Morgan fingerprint density at radius 1 is 1.11 bits per heavy atom. The molecule has 142 valence electrons. The van der Waals surface area contributed by atoms with Crippen molar-refractivity contribution in [1.29, 1.82) is 0 Å². The van der Waals surface area contributed by atoms with Gasteiger partial charge in [0, 0.05) is 16.6 Å². The van der Waals surface area contributed by atoms with E-state index in [4.69, 9.17) is 4.74 Å². The van der Waals surface area contributed by atoms with Crippen LogP contribution in [0.3, 0.4) is 0 Å². The molecule has 2 aromatic carbocycles. The Balaban J connectivity index is 1.61. The smallest absolute Gasteiger partial charge is 0.324 e. The molecule has 0 unspecified atom stereocenters. The fourth-order valence-corrected chi connectivity index (χ4v) is 4.05. The lowest BCUT2D eigenvalue weighted by atomic mass is 10.1. The monoisotopic (exact) mass is 452 g/mol. The third-order valence-electron chi connectivity index (χ3n) is 3.96. The predicted octanol–water partition coefficient (Wildman–Crippen LogP) is 2.22. The van der Waals surface area contributed by atoms with Crippen molar-refractivity contribution in [2.75, 3.05) is 11.9 Å². The molecule has 1 amide bonds. The van der Waals surface area contributed by atoms with Crippen LogP contribution in [0.1, 0.15) is 12.0 Å². The van der Waals surface area contributed by atoms with Gasteiger partial charge in [-0.1, -0.05) is 28.1 Å². The van der Waals surface area contributed by atoms with Gasteiger partial charge in [-0.3, -0.25) is 9.59 Å². The second-order valence-electron chi connectivity index (χ2n) is 6.01. The number of carbonyl (C=O) groups is 2. The van der Waals surface area contributed by atoms with Crippen LogP contribution in [0.5, 0.6) is 0 Å². The summed E-state index contributed by atoms with van der Waals surface area (Å²) in [4.78, 5) is 23.5. The molecule has 1 saturated heterocycles. The van der Waals surface area contributed by atoms with Gasteiger partial charge in [-0.2, -0.15) is 4.72 Å². The average Bonchev–Trinajstić information content (AvgIpc) is 3.01. The van der Waals surface area contributed by atoms with Gasteiger partial charge in [-0.05, 0) is 42.0 Å². The zero-order valence-electron chi connectivity index (χ0n) is 14.1. The maximum absolute atomic E-state index is 12.3. The number of benzene rings is 2. The van der Waals surface area contributed by atoms with Crippen LogP contribution in [0.25, 0.3) is 0 Å². The first-order chi connectivity index (χ1) is 12.8. The lowest BCUT2D eigenvalue weighted by Crippen LogP contribution is -2.37. The number of esters is 1. The topological polar surface area (TPSA) is 102 Å². The van der Waals surface area contributed by atoms with E-state index in [0.717, 1.165) is 10.0 Å². The van der Waals surface area contributed by atoms with Gasteiger partial charge in [0.15, 0.2) is 0 Å². The van der Waals surface area contributed by atoms with Gasteiger partial charge in [-0.15, -0.1) is 0 Å². The predicted molar refractivity (Wildman–Crippen MR) is 103 cm³/mol. The molecular formula is C18H17BrN2O5S. The highest BCUT2D eigenvalue weighted by atomic mass is 79.9. The Labute approximate surface area is 165 Å². The Hall–Kier alpha value is -2.23. The molecule has 3 rings (SSSR count). The minimum atomic E-state index is -3.84. The highest BCUT2D eigenvalue weighted by molar-refractivity contribution is 9.10. The summed E-state index contributed by atoms with van der Waals surface area (Å²) in [6.07, 6.45) is 0.515. The van der Waals surface area contributed by atoms with Gasteiger partial charge in [0.1, 0.15) is 6.04 Å². The maximum Gasteiger partial charge on any atom is 0.324 e. The molecule has 2 N–H and O–H groups in total. The van der Waals surface area contributed by atoms with Gasteiger partial charge in [-0.25, -0.2) is 8.42 Å². The molecule has 1 heterocycles. The summed E-state index contributed by atoms with van der Waals surface area (Å²) in [6, 6.07) is 12.3. The summed E-state index contributed by atoms with van der Waals surface area (Å²) in [6.45, 7) is 0.204. The summed E-state index contributed by atoms with van der Waals surface area (Å²) in [5.41, 5.74) is 1.35. The van der Waals surface area contributed by atoms with Crippen molar-refractivity contribution in [3.63, 3.8) is 0 Å². The highest BCUT2D eigenvalue weighted by Gasteiger charge is 2.31. The first kappa shape index (κ1) is 19.5. The van der Waals surface area contributed by atoms with Crippen molar-refractivity contribution in [1.82, 2.24) is 4.72 Å². The van der Waals surface area contributed by atoms with E-state index < -0.39 is 22.0 Å². The minimum Gasteiger partial charge on any atom is -0.464 e. The number of hydrogen-bond donors (Lipinski definition) is 2. The molecule has 0 aliphatic carbocycles. The molecule has 1 fully saturated rings. The number of rotatable bonds is 6. The number of ether oxygens (including phenoxy) is 1. The summed E-state index contributed by atoms with van der Waals surface area (Å²) in [7, 11) is -3.84. The van der Waals surface area contributed by atoms with Gasteiger partial charge in [0.05, 0.1) is 17.9 Å². The molecule has 0 saturated carbocycles. The fourth-order valence-electron chi connectivity index (χ4n) is 2.57. The van der Waals surface area contributed by atoms with Crippen LogP contribution in [0.15, 0.2) is 57.9 Å². The maximum atomic E-state index is 12.3. The number of cyclic esters (lactones) is 1. The third-order valence-corrected chi connectivity index (χ3v) is 5.98. The number of halogens is 1. The lowest BCUT2D eigenvalue weighted by molar-refractivity contribution is -0.139. The van der Waals surface area contributed by atoms with E-state index in [0.29, 0.717) is 12.1 Å². The molecule has 0 aromatic heterocycles. The zero-order valence-corrected chi connectivity index (χ0v) is 16.5. The van der Waals surface area contributed by atoms with E-state index in [2.05, 4.69) is 26.0 Å². The Kier molecular flexibility index (Phi) is 5.93. The van der Waals surface area contributed by atoms with E-state index in [9.17, 15) is 18.0 Å². The van der Waals surface area contributed by atoms with E-state index in [1.54, 1.807) is 0 Å². The molecular weight excluding hydrogens is 436 g/mol. The summed E-state index contributed by atoms with van der Waals surface area (Å²) >= 11 is 3.34. The molecule has 1 atom stereocenters. The fraction of sp³-hybridized carbons (Fsp3) is 0.222. The Bertz CT molecular complexity index is 943. The van der Waals surface area contributed by atoms with Gasteiger partial charge in [0.2, 0.25) is 15.9 Å². The molecule has 27 heavy (non-hydrogen) atoms. The van der Waals surface area contributed by atoms with Gasteiger partial charge in [0.25, 0.3) is 0 Å². The number of carbonyl (C=O) groups excluding carboxylic acids is 2. The van der Waals surface area contributed by atoms with Crippen molar-refractivity contribution in [2.24, 2.45) is 0 Å². The van der Waals surface area contributed by atoms with E-state index in [-0.39, 0.29) is 23.8 Å². The van der Waals surface area contributed by atoms with Crippen LogP contribution in [-0.2, 0) is 30.8 Å². The molecule has 1 aliphatic rings. The van der Waals surface area contributed by atoms with Crippen LogP contribution in [-0.4, -0.2) is 32.9 Å². The average molecular weight is 453 g/mol. The molecule has 0 spiro atoms. The van der Waals surface area contributed by atoms with Crippen molar-refractivity contribution in [3.8, 4) is 0 Å². The van der Waals surface area contributed by atoms with Crippen molar-refractivity contribution < 1.29 is 22.7 Å². The first-order valence-electron chi connectivity index (χ1n) is 8.17. The van der Waals surface area contributed by atoms with E-state index in [1.165, 1.54) is 24.3 Å². The van der Waals surface area contributed by atoms with Crippen LogP contribution in [0.4, 0.5) is 5.69 Å². The standard InChI is InChI=1S/C18H17BrN2O5S/c19-13-3-1-12(2-4-13)11-17(22)20-14-5-7-15(8-6-14)27(24,25)21-16-9-10-26-18(16)23/h1-8,16,21H,9-11H2,(H,20,22)/t16-/m0/s1. The SMILES string of the molecule is O=C(Cc1ccc(Br)cc1)Nc1ccc(S(=O)(=O)N[C@H]2CCOC2=O)cc1. The minimum absolute atomic E-state index is 0.00751. The second kappa shape index (κ2) is 8.20. The molecule has 2 aromatic rings. The van der Waals surface area contributed by atoms with Gasteiger partial charge < -0.3 is 10.1 Å². The van der Waals surface area contributed by atoms with Crippen molar-refractivity contribution in [2.45, 2.75) is 23.8 Å². The lowest BCUT2D eigenvalue weighted by Gasteiger charge is -2.11. The third kappa shape index (κ3) is 5.15. The van der Waals surface area contributed by atoms with Crippen molar-refractivity contribution >= 4 is 43.5 Å². The molecule has 7 nitrogen and oxygen atoms in total. The number of anilines is 1. The van der Waals surface area contributed by atoms with Crippen LogP contribution in [0, 0.1) is 0 Å². The van der Waals surface area contributed by atoms with Crippen LogP contribution < -0.4 is 10.0 Å². The molecule has 0 radical (unpaired) electrons. The summed E-state index contributed by atoms with van der Waals surface area (Å²) in [5, 5.41) is 2.72. The zero-order chi connectivity index (χ0) is 19.4. The van der Waals surface area contributed by atoms with Crippen LogP contribution in [0.2, 0.25) is 0 Å². The summed E-state index contributed by atoms with van der Waals surface area (Å²) in [5.74, 6) is -0.782.